The van der Waals surface area contributed by atoms with Crippen molar-refractivity contribution >= 4 is 29.2 Å². The first kappa shape index (κ1) is 14.3. The maximum Gasteiger partial charge on any atom is 1.00 e. The Bertz CT molecular complexity index is 106. The zero-order chi connectivity index (χ0) is 7.44. The molecule has 0 rings (SSSR count). The molecule has 0 aliphatic rings. The normalized spacial score (nSPS) is 12.0. The second-order valence-corrected chi connectivity index (χ2v) is 3.32. The number of thiocarbonyl (C=S) groups is 1. The number of hydrogen-bond donors (Lipinski definition) is 0. The third-order valence-corrected chi connectivity index (χ3v) is 1.41. The minimum absolute atomic E-state index is 0. The van der Waals surface area contributed by atoms with Crippen molar-refractivity contribution in [3.63, 3.8) is 0 Å². The van der Waals surface area contributed by atoms with Gasteiger partial charge in [0.05, 0.1) is 6.10 Å². The fourth-order valence-electron chi connectivity index (χ4n) is 0.288. The third-order valence-electron chi connectivity index (χ3n) is 1.22. The van der Waals surface area contributed by atoms with Gasteiger partial charge >= 0.3 is 51.4 Å². The van der Waals surface area contributed by atoms with Crippen molar-refractivity contribution in [1.29, 1.82) is 0 Å². The number of rotatable bonds is 2. The van der Waals surface area contributed by atoms with E-state index < -0.39 is 0 Å². The molecule has 0 fully saturated rings. The van der Waals surface area contributed by atoms with Gasteiger partial charge in [-0.25, -0.2) is 0 Å². The summed E-state index contributed by atoms with van der Waals surface area (Å²) in [5, 5.41) is 0. The van der Waals surface area contributed by atoms with Crippen LogP contribution in [0.25, 0.3) is 0 Å². The van der Waals surface area contributed by atoms with Gasteiger partial charge in [0.15, 0.2) is 0 Å². The van der Waals surface area contributed by atoms with Gasteiger partial charge in [0.2, 0.25) is 0 Å². The van der Waals surface area contributed by atoms with Gasteiger partial charge < -0.3 is 29.6 Å². The molecule has 0 amide bonds. The summed E-state index contributed by atoms with van der Waals surface area (Å²) in [4.78, 5) is 0. The fourth-order valence-corrected chi connectivity index (χ4v) is 0.591. The molecule has 1 nitrogen and oxygen atoms in total. The van der Waals surface area contributed by atoms with Crippen molar-refractivity contribution in [2.45, 2.75) is 26.9 Å². The summed E-state index contributed by atoms with van der Waals surface area (Å²) in [5.74, 6) is 0.478. The molecule has 1 unspecified atom stereocenters. The minimum atomic E-state index is 0. The Balaban J connectivity index is 0. The van der Waals surface area contributed by atoms with Crippen LogP contribution in [0.15, 0.2) is 0 Å². The van der Waals surface area contributed by atoms with E-state index >= 15 is 0 Å². The van der Waals surface area contributed by atoms with E-state index in [2.05, 4.69) is 38.7 Å². The van der Waals surface area contributed by atoms with Crippen molar-refractivity contribution in [3.8, 4) is 0 Å². The number of hydrogen-bond acceptors (Lipinski definition) is 3. The van der Waals surface area contributed by atoms with Crippen molar-refractivity contribution in [1.82, 2.24) is 0 Å². The molecule has 0 saturated heterocycles. The zero-order valence-electron chi connectivity index (χ0n) is 6.88. The van der Waals surface area contributed by atoms with Crippen LogP contribution in [0.2, 0.25) is 0 Å². The van der Waals surface area contributed by atoms with E-state index in [0.717, 1.165) is 0 Å². The van der Waals surface area contributed by atoms with Crippen LogP contribution in [0.1, 0.15) is 20.8 Å². The maximum absolute atomic E-state index is 5.06. The van der Waals surface area contributed by atoms with E-state index in [0.29, 0.717) is 5.92 Å². The first-order chi connectivity index (χ1) is 4.04. The Hall–Kier alpha value is 1.75. The minimum Gasteiger partial charge on any atom is -0.510 e. The molecular formula is C6H11KOS2. The maximum atomic E-state index is 5.06. The third kappa shape index (κ3) is 7.85. The van der Waals surface area contributed by atoms with Crippen LogP contribution in [0.5, 0.6) is 0 Å². The summed E-state index contributed by atoms with van der Waals surface area (Å²) in [7, 11) is 0. The van der Waals surface area contributed by atoms with Gasteiger partial charge in [0.1, 0.15) is 0 Å². The van der Waals surface area contributed by atoms with E-state index in [-0.39, 0.29) is 61.9 Å². The molecule has 0 saturated carbocycles. The van der Waals surface area contributed by atoms with Crippen molar-refractivity contribution in [2.24, 2.45) is 5.92 Å². The smallest absolute Gasteiger partial charge is 0.510 e. The van der Waals surface area contributed by atoms with Crippen LogP contribution in [0, 0.1) is 5.92 Å². The predicted octanol–water partition coefficient (Wildman–Crippen LogP) is -1.12. The molecule has 4 heteroatoms. The molecule has 0 aliphatic carbocycles. The second-order valence-electron chi connectivity index (χ2n) is 2.32. The van der Waals surface area contributed by atoms with Crippen molar-refractivity contribution < 1.29 is 56.1 Å². The molecule has 54 valence electrons. The average Bonchev–Trinajstić information content (AvgIpc) is 1.63. The Morgan fingerprint density at radius 1 is 1.40 bits per heavy atom. The Morgan fingerprint density at radius 2 is 1.80 bits per heavy atom. The summed E-state index contributed by atoms with van der Waals surface area (Å²) in [6.07, 6.45) is 0.148. The van der Waals surface area contributed by atoms with Crippen LogP contribution in [0.4, 0.5) is 0 Å². The Kier molecular flexibility index (Phi) is 10.6. The Morgan fingerprint density at radius 3 is 1.90 bits per heavy atom. The summed E-state index contributed by atoms with van der Waals surface area (Å²) in [6, 6.07) is 0. The zero-order valence-corrected chi connectivity index (χ0v) is 11.6. The van der Waals surface area contributed by atoms with E-state index in [9.17, 15) is 0 Å². The van der Waals surface area contributed by atoms with Gasteiger partial charge in [-0.1, -0.05) is 13.8 Å². The standard InChI is InChI=1S/C6H12OS2.K/c1-4(2)5(3)7-6(8)9;/h4-5H,1-3H3,(H,8,9);/q;+1/p-1. The summed E-state index contributed by atoms with van der Waals surface area (Å²) < 4.78 is 5.28. The summed E-state index contributed by atoms with van der Waals surface area (Å²) in [6.45, 7) is 6.10. The van der Waals surface area contributed by atoms with Gasteiger partial charge in [-0.2, -0.15) is 0 Å². The van der Waals surface area contributed by atoms with Crippen LogP contribution in [-0.2, 0) is 17.4 Å². The molecule has 0 N–H and O–H groups in total. The van der Waals surface area contributed by atoms with E-state index in [1.54, 1.807) is 0 Å². The molecule has 0 aromatic rings. The molecule has 0 aliphatic heterocycles. The molecule has 0 aromatic heterocycles. The monoisotopic (exact) mass is 202 g/mol. The topological polar surface area (TPSA) is 9.23 Å². The van der Waals surface area contributed by atoms with E-state index in [4.69, 9.17) is 4.74 Å². The van der Waals surface area contributed by atoms with Crippen molar-refractivity contribution in [3.05, 3.63) is 0 Å². The number of ether oxygens (including phenoxy) is 1. The average molecular weight is 202 g/mol. The molecule has 0 spiro atoms. The molecule has 0 aromatic carbocycles. The summed E-state index contributed by atoms with van der Waals surface area (Å²) >= 11 is 9.17. The van der Waals surface area contributed by atoms with E-state index in [1.807, 2.05) is 6.92 Å². The SMILES string of the molecule is CC(C)C(C)OC(=S)[S-].[K+]. The predicted molar refractivity (Wildman–Crippen MR) is 45.3 cm³/mol. The molecular weight excluding hydrogens is 191 g/mol. The van der Waals surface area contributed by atoms with Crippen LogP contribution in [0.3, 0.4) is 0 Å². The van der Waals surface area contributed by atoms with Gasteiger partial charge in [0, 0.05) is 4.38 Å². The van der Waals surface area contributed by atoms with Crippen LogP contribution in [-0.4, -0.2) is 10.5 Å². The first-order valence-electron chi connectivity index (χ1n) is 2.91. The molecule has 10 heavy (non-hydrogen) atoms. The Labute approximate surface area is 116 Å². The van der Waals surface area contributed by atoms with Gasteiger partial charge in [-0.05, 0) is 12.8 Å². The first-order valence-corrected chi connectivity index (χ1v) is 3.73. The van der Waals surface area contributed by atoms with Gasteiger partial charge in [-0.15, -0.1) is 0 Å². The second kappa shape index (κ2) is 7.40. The van der Waals surface area contributed by atoms with Crippen molar-refractivity contribution in [2.75, 3.05) is 0 Å². The van der Waals surface area contributed by atoms with Gasteiger partial charge in [0.25, 0.3) is 0 Å². The van der Waals surface area contributed by atoms with Crippen LogP contribution >= 0.6 is 12.2 Å². The quantitative estimate of drug-likeness (QED) is 0.319. The largest absolute Gasteiger partial charge is 1.00 e. The molecule has 0 radical (unpaired) electrons. The molecule has 0 bridgehead atoms. The molecule has 1 atom stereocenters. The fraction of sp³-hybridized carbons (Fsp3) is 0.833. The van der Waals surface area contributed by atoms with Crippen LogP contribution < -0.4 is 51.4 Å². The summed E-state index contributed by atoms with van der Waals surface area (Å²) in [5.41, 5.74) is 0. The molecule has 0 heterocycles. The van der Waals surface area contributed by atoms with Gasteiger partial charge in [-0.3, -0.25) is 0 Å². The van der Waals surface area contributed by atoms with E-state index in [1.165, 1.54) is 0 Å².